The summed E-state index contributed by atoms with van der Waals surface area (Å²) < 4.78 is 31.8. The highest BCUT2D eigenvalue weighted by Gasteiger charge is 2.27. The van der Waals surface area contributed by atoms with Crippen LogP contribution in [-0.2, 0) is 10.0 Å². The molecule has 0 aliphatic rings. The van der Waals surface area contributed by atoms with Crippen molar-refractivity contribution in [2.75, 3.05) is 0 Å². The van der Waals surface area contributed by atoms with Gasteiger partial charge in [-0.15, -0.1) is 0 Å². The molecule has 0 bridgehead atoms. The second kappa shape index (κ2) is 6.50. The van der Waals surface area contributed by atoms with Crippen molar-refractivity contribution in [1.82, 2.24) is 0 Å². The molecule has 3 radical (unpaired) electrons. The van der Waals surface area contributed by atoms with Crippen molar-refractivity contribution in [3.63, 3.8) is 0 Å². The molecule has 4 heteroatoms. The Bertz CT molecular complexity index is 598. The normalized spacial score (nSPS) is 11.7. The van der Waals surface area contributed by atoms with Crippen molar-refractivity contribution in [3.8, 4) is 11.1 Å². The zero-order valence-electron chi connectivity index (χ0n) is 12.1. The first-order valence-electron chi connectivity index (χ1n) is 6.97. The topological polar surface area (TPSA) is 9.23 Å². The molecular formula is C17H17F2OSi. The molecule has 2 aromatic carbocycles. The lowest BCUT2D eigenvalue weighted by Crippen LogP contribution is -2.27. The van der Waals surface area contributed by atoms with Crippen molar-refractivity contribution in [1.29, 1.82) is 0 Å². The quantitative estimate of drug-likeness (QED) is 0.724. The highest BCUT2D eigenvalue weighted by molar-refractivity contribution is 5.98. The van der Waals surface area contributed by atoms with Gasteiger partial charge in [0.1, 0.15) is 0 Å². The van der Waals surface area contributed by atoms with E-state index in [9.17, 15) is 8.78 Å². The van der Waals surface area contributed by atoms with Gasteiger partial charge in [0.25, 0.3) is 0 Å². The van der Waals surface area contributed by atoms with Crippen molar-refractivity contribution in [2.24, 2.45) is 0 Å². The first-order chi connectivity index (χ1) is 10.1. The van der Waals surface area contributed by atoms with Crippen molar-refractivity contribution in [3.05, 3.63) is 59.7 Å². The van der Waals surface area contributed by atoms with Gasteiger partial charge in [0.2, 0.25) is 10.5 Å². The van der Waals surface area contributed by atoms with Gasteiger partial charge >= 0.3 is 0 Å². The summed E-state index contributed by atoms with van der Waals surface area (Å²) in [6, 6.07) is 11.6. The minimum Gasteiger partial charge on any atom is -0.409 e. The van der Waals surface area contributed by atoms with Crippen LogP contribution in [0, 0.1) is 11.6 Å². The standard InChI is InChI=1S/C17H17F2OSi/c1-3-17(4-2,20-21)14-8-5-12(6-9-14)13-7-10-15(18)16(19)11-13/h5-11H,3-4H2,1-2H3. The SMILES string of the molecule is CCC(CC)(O[Si])c1ccc(-c2ccc(F)c(F)c2)cc1. The highest BCUT2D eigenvalue weighted by atomic mass is 28.2. The molecule has 0 unspecified atom stereocenters. The lowest BCUT2D eigenvalue weighted by molar-refractivity contribution is 0.0685. The molecule has 0 atom stereocenters. The van der Waals surface area contributed by atoms with E-state index < -0.39 is 11.6 Å². The average Bonchev–Trinajstić information content (AvgIpc) is 2.53. The van der Waals surface area contributed by atoms with E-state index in [1.807, 2.05) is 24.3 Å². The maximum absolute atomic E-state index is 13.3. The molecule has 0 saturated carbocycles. The monoisotopic (exact) mass is 303 g/mol. The summed E-state index contributed by atoms with van der Waals surface area (Å²) in [7, 11) is 3.17. The summed E-state index contributed by atoms with van der Waals surface area (Å²) in [4.78, 5) is 0. The van der Waals surface area contributed by atoms with Crippen LogP contribution >= 0.6 is 0 Å². The summed E-state index contributed by atoms with van der Waals surface area (Å²) >= 11 is 0. The summed E-state index contributed by atoms with van der Waals surface area (Å²) in [5, 5.41) is 0. The van der Waals surface area contributed by atoms with Crippen LogP contribution in [0.4, 0.5) is 8.78 Å². The number of benzene rings is 2. The number of halogens is 2. The molecule has 0 aromatic heterocycles. The average molecular weight is 303 g/mol. The van der Waals surface area contributed by atoms with E-state index in [2.05, 4.69) is 24.3 Å². The van der Waals surface area contributed by atoms with E-state index in [-0.39, 0.29) is 5.60 Å². The first kappa shape index (κ1) is 15.9. The minimum atomic E-state index is -0.837. The van der Waals surface area contributed by atoms with Gasteiger partial charge in [0, 0.05) is 0 Å². The van der Waals surface area contributed by atoms with Crippen LogP contribution in [-0.4, -0.2) is 10.5 Å². The van der Waals surface area contributed by atoms with E-state index in [1.54, 1.807) is 6.07 Å². The Labute approximate surface area is 127 Å². The summed E-state index contributed by atoms with van der Waals surface area (Å²) in [6.07, 6.45) is 1.66. The predicted octanol–water partition coefficient (Wildman–Crippen LogP) is 4.75. The number of hydrogen-bond acceptors (Lipinski definition) is 1. The Balaban J connectivity index is 2.36. The van der Waals surface area contributed by atoms with Crippen LogP contribution in [0.3, 0.4) is 0 Å². The fourth-order valence-electron chi connectivity index (χ4n) is 2.50. The van der Waals surface area contributed by atoms with Crippen LogP contribution in [0.1, 0.15) is 32.3 Å². The Morgan fingerprint density at radius 1 is 0.905 bits per heavy atom. The van der Waals surface area contributed by atoms with Crippen LogP contribution in [0.25, 0.3) is 11.1 Å². The lowest BCUT2D eigenvalue weighted by Gasteiger charge is -2.31. The van der Waals surface area contributed by atoms with Gasteiger partial charge in [-0.3, -0.25) is 0 Å². The summed E-state index contributed by atoms with van der Waals surface area (Å²) in [5.41, 5.74) is 2.17. The van der Waals surface area contributed by atoms with Gasteiger partial charge in [0.15, 0.2) is 11.6 Å². The second-order valence-corrected chi connectivity index (χ2v) is 5.21. The van der Waals surface area contributed by atoms with E-state index >= 15 is 0 Å². The highest BCUT2D eigenvalue weighted by Crippen LogP contribution is 2.33. The smallest absolute Gasteiger partial charge is 0.247 e. The third kappa shape index (κ3) is 3.06. The largest absolute Gasteiger partial charge is 0.409 e. The molecule has 0 spiro atoms. The third-order valence-electron chi connectivity index (χ3n) is 4.00. The minimum absolute atomic E-state index is 0.372. The van der Waals surface area contributed by atoms with E-state index in [1.165, 1.54) is 6.07 Å². The van der Waals surface area contributed by atoms with Crippen LogP contribution in [0.15, 0.2) is 42.5 Å². The van der Waals surface area contributed by atoms with E-state index in [4.69, 9.17) is 4.43 Å². The van der Waals surface area contributed by atoms with Gasteiger partial charge in [0.05, 0.1) is 5.60 Å². The zero-order chi connectivity index (χ0) is 15.5. The first-order valence-corrected chi connectivity index (χ1v) is 7.38. The molecule has 0 aliphatic carbocycles. The van der Waals surface area contributed by atoms with E-state index in [0.29, 0.717) is 5.56 Å². The Morgan fingerprint density at radius 3 is 1.95 bits per heavy atom. The molecule has 109 valence electrons. The molecular weight excluding hydrogens is 286 g/mol. The van der Waals surface area contributed by atoms with Gasteiger partial charge < -0.3 is 4.43 Å². The number of hydrogen-bond donors (Lipinski definition) is 0. The van der Waals surface area contributed by atoms with Crippen LogP contribution in [0.5, 0.6) is 0 Å². The van der Waals surface area contributed by atoms with Gasteiger partial charge in [-0.25, -0.2) is 8.78 Å². The molecule has 0 N–H and O–H groups in total. The third-order valence-corrected chi connectivity index (χ3v) is 4.39. The molecule has 2 rings (SSSR count). The van der Waals surface area contributed by atoms with E-state index in [0.717, 1.165) is 30.0 Å². The zero-order valence-corrected chi connectivity index (χ0v) is 13.1. The maximum atomic E-state index is 13.3. The van der Waals surface area contributed by atoms with Gasteiger partial charge in [-0.1, -0.05) is 44.2 Å². The van der Waals surface area contributed by atoms with Gasteiger partial charge in [-0.2, -0.15) is 0 Å². The van der Waals surface area contributed by atoms with Crippen LogP contribution < -0.4 is 0 Å². The molecule has 0 aliphatic heterocycles. The fourth-order valence-corrected chi connectivity index (χ4v) is 2.91. The molecule has 2 aromatic rings. The lowest BCUT2D eigenvalue weighted by atomic mass is 9.87. The summed E-state index contributed by atoms with van der Waals surface area (Å²) in [5.74, 6) is -1.67. The Kier molecular flexibility index (Phi) is 4.90. The maximum Gasteiger partial charge on any atom is 0.247 e. The number of rotatable bonds is 5. The molecule has 21 heavy (non-hydrogen) atoms. The van der Waals surface area contributed by atoms with Crippen LogP contribution in [0.2, 0.25) is 0 Å². The van der Waals surface area contributed by atoms with Gasteiger partial charge in [-0.05, 0) is 41.7 Å². The second-order valence-electron chi connectivity index (χ2n) is 5.01. The van der Waals surface area contributed by atoms with Crippen molar-refractivity contribution in [2.45, 2.75) is 32.3 Å². The fraction of sp³-hybridized carbons (Fsp3) is 0.294. The predicted molar refractivity (Wildman–Crippen MR) is 80.9 cm³/mol. The Morgan fingerprint density at radius 2 is 1.48 bits per heavy atom. The molecule has 0 heterocycles. The summed E-state index contributed by atoms with van der Waals surface area (Å²) in [6.45, 7) is 4.12. The molecule has 0 saturated heterocycles. The molecule has 1 nitrogen and oxygen atoms in total. The molecule has 0 amide bonds. The van der Waals surface area contributed by atoms with Crippen molar-refractivity contribution < 1.29 is 13.2 Å². The molecule has 0 fully saturated rings. The Hall–Kier alpha value is -1.52. The van der Waals surface area contributed by atoms with Crippen molar-refractivity contribution >= 4 is 10.5 Å².